The number of rotatable bonds is 4. The van der Waals surface area contributed by atoms with Gasteiger partial charge >= 0.3 is 0 Å². The molecule has 2 rings (SSSR count). The summed E-state index contributed by atoms with van der Waals surface area (Å²) in [6.07, 6.45) is 5.24. The van der Waals surface area contributed by atoms with Gasteiger partial charge in [-0.1, -0.05) is 26.7 Å². The van der Waals surface area contributed by atoms with Crippen molar-refractivity contribution in [1.82, 2.24) is 4.72 Å². The third-order valence-electron chi connectivity index (χ3n) is 4.13. The first kappa shape index (κ1) is 16.2. The molecule has 1 saturated carbocycles. The lowest BCUT2D eigenvalue weighted by atomic mass is 9.87. The Hall–Kier alpha value is -0.140. The van der Waals surface area contributed by atoms with E-state index in [9.17, 15) is 8.42 Å². The number of sulfonamides is 1. The highest BCUT2D eigenvalue weighted by molar-refractivity contribution is 14.1. The Morgan fingerprint density at radius 2 is 2.00 bits per heavy atom. The molecule has 0 unspecified atom stereocenters. The highest BCUT2D eigenvalue weighted by Gasteiger charge is 2.26. The van der Waals surface area contributed by atoms with Crippen molar-refractivity contribution in [3.05, 3.63) is 27.3 Å². The van der Waals surface area contributed by atoms with Crippen LogP contribution in [-0.2, 0) is 16.4 Å². The van der Waals surface area contributed by atoms with Crippen molar-refractivity contribution in [2.45, 2.75) is 56.9 Å². The summed E-state index contributed by atoms with van der Waals surface area (Å²) in [5.41, 5.74) is 1.09. The topological polar surface area (TPSA) is 46.2 Å². The number of nitrogens with one attached hydrogen (secondary N) is 1. The maximum atomic E-state index is 12.5. The van der Waals surface area contributed by atoms with Gasteiger partial charge in [-0.05, 0) is 71.5 Å². The summed E-state index contributed by atoms with van der Waals surface area (Å²) in [4.78, 5) is 0.396. The van der Waals surface area contributed by atoms with Crippen LogP contribution in [-0.4, -0.2) is 14.5 Å². The van der Waals surface area contributed by atoms with Crippen LogP contribution in [0.3, 0.4) is 0 Å². The van der Waals surface area contributed by atoms with Gasteiger partial charge in [0.15, 0.2) is 0 Å². The van der Waals surface area contributed by atoms with E-state index < -0.39 is 10.0 Å². The van der Waals surface area contributed by atoms with E-state index in [4.69, 9.17) is 0 Å². The number of benzene rings is 1. The van der Waals surface area contributed by atoms with Crippen molar-refractivity contribution in [2.75, 3.05) is 0 Å². The van der Waals surface area contributed by atoms with E-state index in [1.165, 1.54) is 6.42 Å². The second-order valence-electron chi connectivity index (χ2n) is 5.60. The maximum absolute atomic E-state index is 12.5. The average molecular weight is 407 g/mol. The molecule has 0 radical (unpaired) electrons. The van der Waals surface area contributed by atoms with Gasteiger partial charge in [0.1, 0.15) is 0 Å². The first-order chi connectivity index (χ1) is 9.44. The van der Waals surface area contributed by atoms with E-state index in [2.05, 4.69) is 34.2 Å². The fourth-order valence-corrected chi connectivity index (χ4v) is 4.89. The van der Waals surface area contributed by atoms with Gasteiger partial charge < -0.3 is 0 Å². The first-order valence-corrected chi connectivity index (χ1v) is 9.81. The molecule has 1 N–H and O–H groups in total. The van der Waals surface area contributed by atoms with Crippen LogP contribution in [0.1, 0.15) is 45.1 Å². The number of halogens is 1. The molecule has 0 aliphatic heterocycles. The van der Waals surface area contributed by atoms with Gasteiger partial charge in [-0.2, -0.15) is 0 Å². The molecule has 2 atom stereocenters. The minimum absolute atomic E-state index is 0.0816. The first-order valence-electron chi connectivity index (χ1n) is 7.25. The van der Waals surface area contributed by atoms with Crippen LogP contribution >= 0.6 is 22.6 Å². The summed E-state index contributed by atoms with van der Waals surface area (Å²) in [6, 6.07) is 5.48. The lowest BCUT2D eigenvalue weighted by molar-refractivity contribution is 0.310. The third-order valence-corrected chi connectivity index (χ3v) is 6.67. The van der Waals surface area contributed by atoms with E-state index >= 15 is 0 Å². The SMILES string of the molecule is CCc1cc(S(=O)(=O)N[C@@H]2CCCC[C@H]2C)ccc1I. The Labute approximate surface area is 135 Å². The Kier molecular flexibility index (Phi) is 5.48. The van der Waals surface area contributed by atoms with E-state index in [1.54, 1.807) is 12.1 Å². The molecule has 0 bridgehead atoms. The largest absolute Gasteiger partial charge is 0.240 e. The van der Waals surface area contributed by atoms with Crippen LogP contribution in [0.15, 0.2) is 23.1 Å². The van der Waals surface area contributed by atoms with E-state index in [0.717, 1.165) is 34.8 Å². The molecule has 0 saturated heterocycles. The van der Waals surface area contributed by atoms with Crippen LogP contribution in [0.5, 0.6) is 0 Å². The minimum Gasteiger partial charge on any atom is -0.208 e. The molecule has 0 spiro atoms. The summed E-state index contributed by atoms with van der Waals surface area (Å²) in [5.74, 6) is 0.424. The van der Waals surface area contributed by atoms with Crippen molar-refractivity contribution in [1.29, 1.82) is 0 Å². The van der Waals surface area contributed by atoms with Crippen LogP contribution in [0.25, 0.3) is 0 Å². The molecule has 3 nitrogen and oxygen atoms in total. The zero-order valence-electron chi connectivity index (χ0n) is 12.0. The molecule has 1 aliphatic carbocycles. The van der Waals surface area contributed by atoms with Gasteiger partial charge in [0.25, 0.3) is 0 Å². The van der Waals surface area contributed by atoms with Crippen molar-refractivity contribution in [3.8, 4) is 0 Å². The molecule has 0 aromatic heterocycles. The third kappa shape index (κ3) is 3.74. The molecular formula is C15H22INO2S. The van der Waals surface area contributed by atoms with E-state index in [-0.39, 0.29) is 6.04 Å². The molecule has 5 heteroatoms. The molecular weight excluding hydrogens is 385 g/mol. The van der Waals surface area contributed by atoms with Gasteiger partial charge in [0.05, 0.1) is 4.90 Å². The van der Waals surface area contributed by atoms with Crippen molar-refractivity contribution in [3.63, 3.8) is 0 Å². The average Bonchev–Trinajstić information content (AvgIpc) is 2.41. The Morgan fingerprint density at radius 1 is 1.30 bits per heavy atom. The molecule has 0 amide bonds. The van der Waals surface area contributed by atoms with Gasteiger partial charge in [0, 0.05) is 9.61 Å². The van der Waals surface area contributed by atoms with Gasteiger partial charge in [0.2, 0.25) is 10.0 Å². The second-order valence-corrected chi connectivity index (χ2v) is 8.47. The Morgan fingerprint density at radius 3 is 2.65 bits per heavy atom. The Bertz CT molecular complexity index is 571. The molecule has 1 aromatic carbocycles. The van der Waals surface area contributed by atoms with Crippen LogP contribution in [0.4, 0.5) is 0 Å². The molecule has 1 fully saturated rings. The molecule has 20 heavy (non-hydrogen) atoms. The van der Waals surface area contributed by atoms with Gasteiger partial charge in [-0.25, -0.2) is 13.1 Å². The predicted octanol–water partition coefficient (Wildman–Crippen LogP) is 3.71. The molecule has 112 valence electrons. The lowest BCUT2D eigenvalue weighted by Crippen LogP contribution is -2.41. The standard InChI is InChI=1S/C15H22INO2S/c1-3-12-10-13(8-9-14(12)16)20(18,19)17-15-7-5-4-6-11(15)2/h8-11,15,17H,3-7H2,1-2H3/t11-,15-/m1/s1. The number of hydrogen-bond donors (Lipinski definition) is 1. The minimum atomic E-state index is -3.40. The van der Waals surface area contributed by atoms with Crippen LogP contribution in [0, 0.1) is 9.49 Å². The van der Waals surface area contributed by atoms with Gasteiger partial charge in [-0.3, -0.25) is 0 Å². The fraction of sp³-hybridized carbons (Fsp3) is 0.600. The zero-order valence-corrected chi connectivity index (χ0v) is 15.0. The monoisotopic (exact) mass is 407 g/mol. The van der Waals surface area contributed by atoms with Crippen LogP contribution in [0.2, 0.25) is 0 Å². The molecule has 1 aromatic rings. The molecule has 1 aliphatic rings. The summed E-state index contributed by atoms with van der Waals surface area (Å²) >= 11 is 2.25. The van der Waals surface area contributed by atoms with Crippen molar-refractivity contribution < 1.29 is 8.42 Å². The van der Waals surface area contributed by atoms with Gasteiger partial charge in [-0.15, -0.1) is 0 Å². The van der Waals surface area contributed by atoms with E-state index in [0.29, 0.717) is 10.8 Å². The quantitative estimate of drug-likeness (QED) is 0.774. The fourth-order valence-electron chi connectivity index (χ4n) is 2.75. The van der Waals surface area contributed by atoms with Crippen molar-refractivity contribution in [2.24, 2.45) is 5.92 Å². The molecule has 0 heterocycles. The number of aryl methyl sites for hydroxylation is 1. The summed E-state index contributed by atoms with van der Waals surface area (Å²) in [6.45, 7) is 4.18. The number of hydrogen-bond acceptors (Lipinski definition) is 2. The Balaban J connectivity index is 2.21. The smallest absolute Gasteiger partial charge is 0.208 e. The zero-order chi connectivity index (χ0) is 14.8. The van der Waals surface area contributed by atoms with Crippen molar-refractivity contribution >= 4 is 32.6 Å². The maximum Gasteiger partial charge on any atom is 0.240 e. The lowest BCUT2D eigenvalue weighted by Gasteiger charge is -2.29. The van der Waals surface area contributed by atoms with E-state index in [1.807, 2.05) is 13.0 Å². The summed E-state index contributed by atoms with van der Waals surface area (Å²) in [5, 5.41) is 0. The normalized spacial score (nSPS) is 23.8. The second kappa shape index (κ2) is 6.75. The van der Waals surface area contributed by atoms with Crippen LogP contribution < -0.4 is 4.72 Å². The summed E-state index contributed by atoms with van der Waals surface area (Å²) < 4.78 is 29.0. The highest BCUT2D eigenvalue weighted by Crippen LogP contribution is 2.26. The highest BCUT2D eigenvalue weighted by atomic mass is 127. The summed E-state index contributed by atoms with van der Waals surface area (Å²) in [7, 11) is -3.40. The predicted molar refractivity (Wildman–Crippen MR) is 90.3 cm³/mol.